The second-order valence-electron chi connectivity index (χ2n) is 5.60. The van der Waals surface area contributed by atoms with Crippen molar-refractivity contribution < 1.29 is 19.4 Å². The Morgan fingerprint density at radius 3 is 2.25 bits per heavy atom. The van der Waals surface area contributed by atoms with Crippen molar-refractivity contribution in [3.63, 3.8) is 0 Å². The summed E-state index contributed by atoms with van der Waals surface area (Å²) >= 11 is 0. The molecule has 2 saturated heterocycles. The summed E-state index contributed by atoms with van der Waals surface area (Å²) in [6.45, 7) is 3.38. The van der Waals surface area contributed by atoms with Crippen LogP contribution in [0, 0.1) is 0 Å². The lowest BCUT2D eigenvalue weighted by Gasteiger charge is -2.40. The Hall–Kier alpha value is -1.14. The molecule has 1 N–H and O–H groups in total. The van der Waals surface area contributed by atoms with Crippen molar-refractivity contribution in [1.82, 2.24) is 9.80 Å². The Morgan fingerprint density at radius 2 is 1.65 bits per heavy atom. The molecular formula is C14H24N2O4. The van der Waals surface area contributed by atoms with Gasteiger partial charge in [-0.25, -0.2) is 4.79 Å². The van der Waals surface area contributed by atoms with Gasteiger partial charge in [0, 0.05) is 19.1 Å². The zero-order valence-corrected chi connectivity index (χ0v) is 11.9. The van der Waals surface area contributed by atoms with Gasteiger partial charge in [0.15, 0.2) is 0 Å². The summed E-state index contributed by atoms with van der Waals surface area (Å²) in [5, 5.41) is 8.46. The van der Waals surface area contributed by atoms with Gasteiger partial charge in [-0.3, -0.25) is 4.79 Å². The van der Waals surface area contributed by atoms with Crippen LogP contribution in [0.2, 0.25) is 0 Å². The molecule has 2 rings (SSSR count). The van der Waals surface area contributed by atoms with E-state index < -0.39 is 12.6 Å². The van der Waals surface area contributed by atoms with Crippen LogP contribution in [0.15, 0.2) is 0 Å². The van der Waals surface area contributed by atoms with Crippen molar-refractivity contribution in [3.8, 4) is 0 Å². The molecule has 0 aromatic rings. The number of carboxylic acid groups (broad SMARTS) is 1. The van der Waals surface area contributed by atoms with Gasteiger partial charge in [0.05, 0.1) is 0 Å². The van der Waals surface area contributed by atoms with E-state index in [2.05, 4.69) is 4.90 Å². The van der Waals surface area contributed by atoms with Gasteiger partial charge in [-0.15, -0.1) is 0 Å². The lowest BCUT2D eigenvalue weighted by molar-refractivity contribution is -0.146. The Kier molecular flexibility index (Phi) is 5.79. The largest absolute Gasteiger partial charge is 0.480 e. The molecule has 20 heavy (non-hydrogen) atoms. The van der Waals surface area contributed by atoms with E-state index in [1.807, 2.05) is 0 Å². The van der Waals surface area contributed by atoms with Crippen molar-refractivity contribution in [2.45, 2.75) is 38.1 Å². The fourth-order valence-electron chi connectivity index (χ4n) is 3.08. The number of likely N-dealkylation sites (tertiary alicyclic amines) is 2. The second-order valence-corrected chi connectivity index (χ2v) is 5.60. The molecule has 0 bridgehead atoms. The summed E-state index contributed by atoms with van der Waals surface area (Å²) < 4.78 is 4.85. The molecule has 0 aromatic heterocycles. The number of carbonyl (C=O) groups is 2. The molecule has 2 heterocycles. The smallest absolute Gasteiger partial charge is 0.329 e. The number of piperidine rings is 2. The van der Waals surface area contributed by atoms with E-state index in [0.29, 0.717) is 6.04 Å². The molecule has 114 valence electrons. The first kappa shape index (κ1) is 15.3. The first-order valence-corrected chi connectivity index (χ1v) is 7.48. The maximum absolute atomic E-state index is 11.9. The van der Waals surface area contributed by atoms with Crippen molar-refractivity contribution in [3.05, 3.63) is 0 Å². The van der Waals surface area contributed by atoms with Crippen LogP contribution < -0.4 is 0 Å². The van der Waals surface area contributed by atoms with Gasteiger partial charge in [-0.2, -0.15) is 0 Å². The van der Waals surface area contributed by atoms with Crippen LogP contribution in [0.5, 0.6) is 0 Å². The van der Waals surface area contributed by atoms with Crippen LogP contribution in [-0.2, 0) is 14.3 Å². The third-order valence-electron chi connectivity index (χ3n) is 4.18. The number of rotatable bonds is 5. The van der Waals surface area contributed by atoms with Crippen LogP contribution in [0.4, 0.5) is 0 Å². The van der Waals surface area contributed by atoms with Crippen LogP contribution in [0.1, 0.15) is 32.1 Å². The number of amides is 1. The van der Waals surface area contributed by atoms with Gasteiger partial charge in [-0.05, 0) is 38.8 Å². The van der Waals surface area contributed by atoms with Crippen LogP contribution in [0.25, 0.3) is 0 Å². The van der Waals surface area contributed by atoms with Gasteiger partial charge >= 0.3 is 5.97 Å². The number of carbonyl (C=O) groups excluding carboxylic acids is 1. The normalized spacial score (nSPS) is 21.9. The maximum Gasteiger partial charge on any atom is 0.329 e. The average Bonchev–Trinajstić information content (AvgIpc) is 2.48. The molecule has 0 atom stereocenters. The lowest BCUT2D eigenvalue weighted by atomic mass is 10.00. The quantitative estimate of drug-likeness (QED) is 0.799. The molecule has 6 nitrogen and oxygen atoms in total. The molecule has 0 radical (unpaired) electrons. The number of aliphatic carboxylic acids is 1. The first-order chi connectivity index (χ1) is 9.66. The van der Waals surface area contributed by atoms with E-state index in [1.165, 1.54) is 32.4 Å². The Labute approximate surface area is 119 Å². The molecular weight excluding hydrogens is 260 g/mol. The zero-order valence-electron chi connectivity index (χ0n) is 11.9. The number of hydrogen-bond donors (Lipinski definition) is 1. The van der Waals surface area contributed by atoms with E-state index in [4.69, 9.17) is 9.84 Å². The molecule has 0 spiro atoms. The zero-order chi connectivity index (χ0) is 14.4. The Morgan fingerprint density at radius 1 is 1.00 bits per heavy atom. The number of ether oxygens (including phenoxy) is 1. The fraction of sp³-hybridized carbons (Fsp3) is 0.857. The summed E-state index contributed by atoms with van der Waals surface area (Å²) in [4.78, 5) is 26.5. The van der Waals surface area contributed by atoms with Gasteiger partial charge in [-0.1, -0.05) is 6.42 Å². The Bertz CT molecular complexity index is 334. The van der Waals surface area contributed by atoms with Crippen molar-refractivity contribution in [2.24, 2.45) is 0 Å². The van der Waals surface area contributed by atoms with E-state index in [1.54, 1.807) is 4.90 Å². The summed E-state index contributed by atoms with van der Waals surface area (Å²) in [6, 6.07) is 0.610. The molecule has 2 fully saturated rings. The topological polar surface area (TPSA) is 70.1 Å². The molecule has 1 amide bonds. The predicted octanol–water partition coefficient (Wildman–Crippen LogP) is 0.565. The molecule has 2 aliphatic heterocycles. The molecule has 0 unspecified atom stereocenters. The SMILES string of the molecule is O=C(O)COCC(=O)N1CCC(N2CCCCC2)CC1. The van der Waals surface area contributed by atoms with Crippen molar-refractivity contribution >= 4 is 11.9 Å². The van der Waals surface area contributed by atoms with Gasteiger partial charge in [0.2, 0.25) is 5.91 Å². The van der Waals surface area contributed by atoms with Crippen molar-refractivity contribution in [1.29, 1.82) is 0 Å². The van der Waals surface area contributed by atoms with Crippen LogP contribution in [-0.4, -0.2) is 72.2 Å². The monoisotopic (exact) mass is 284 g/mol. The highest BCUT2D eigenvalue weighted by molar-refractivity contribution is 5.78. The highest BCUT2D eigenvalue weighted by atomic mass is 16.5. The molecule has 0 saturated carbocycles. The summed E-state index contributed by atoms with van der Waals surface area (Å²) in [7, 11) is 0. The molecule has 0 aromatic carbocycles. The highest BCUT2D eigenvalue weighted by Gasteiger charge is 2.27. The maximum atomic E-state index is 11.9. The summed E-state index contributed by atoms with van der Waals surface area (Å²) in [5.74, 6) is -1.13. The predicted molar refractivity (Wildman–Crippen MR) is 73.5 cm³/mol. The van der Waals surface area contributed by atoms with Gasteiger partial charge in [0.25, 0.3) is 0 Å². The lowest BCUT2D eigenvalue weighted by Crippen LogP contribution is -2.48. The minimum Gasteiger partial charge on any atom is -0.480 e. The van der Waals surface area contributed by atoms with Crippen molar-refractivity contribution in [2.75, 3.05) is 39.4 Å². The molecule has 0 aliphatic carbocycles. The molecule has 2 aliphatic rings. The average molecular weight is 284 g/mol. The van der Waals surface area contributed by atoms with Crippen LogP contribution in [0.3, 0.4) is 0 Å². The Balaban J connectivity index is 1.67. The van der Waals surface area contributed by atoms with E-state index in [-0.39, 0.29) is 12.5 Å². The van der Waals surface area contributed by atoms with E-state index in [9.17, 15) is 9.59 Å². The fourth-order valence-corrected chi connectivity index (χ4v) is 3.08. The first-order valence-electron chi connectivity index (χ1n) is 7.48. The number of carboxylic acids is 1. The minimum atomic E-state index is -1.04. The summed E-state index contributed by atoms with van der Waals surface area (Å²) in [6.07, 6.45) is 5.97. The standard InChI is InChI=1S/C14H24N2O4/c17-13(10-20-11-14(18)19)16-8-4-12(5-9-16)15-6-2-1-3-7-15/h12H,1-11H2,(H,18,19). The second kappa shape index (κ2) is 7.59. The van der Waals surface area contributed by atoms with Gasteiger partial charge < -0.3 is 19.6 Å². The van der Waals surface area contributed by atoms with Crippen LogP contribution >= 0.6 is 0 Å². The third-order valence-corrected chi connectivity index (χ3v) is 4.18. The number of hydrogen-bond acceptors (Lipinski definition) is 4. The third kappa shape index (κ3) is 4.45. The van der Waals surface area contributed by atoms with Gasteiger partial charge in [0.1, 0.15) is 13.2 Å². The number of nitrogens with zero attached hydrogens (tertiary/aromatic N) is 2. The van der Waals surface area contributed by atoms with E-state index in [0.717, 1.165) is 25.9 Å². The van der Waals surface area contributed by atoms with E-state index >= 15 is 0 Å². The summed E-state index contributed by atoms with van der Waals surface area (Å²) in [5.41, 5.74) is 0. The molecule has 6 heteroatoms. The minimum absolute atomic E-state index is 0.0941. The highest BCUT2D eigenvalue weighted by Crippen LogP contribution is 2.20.